The van der Waals surface area contributed by atoms with Crippen molar-refractivity contribution < 1.29 is 9.84 Å². The van der Waals surface area contributed by atoms with Gasteiger partial charge in [0.15, 0.2) is 5.96 Å². The van der Waals surface area contributed by atoms with Gasteiger partial charge in [0, 0.05) is 26.3 Å². The lowest BCUT2D eigenvalue weighted by molar-refractivity contribution is 0.185. The molecule has 1 unspecified atom stereocenters. The minimum absolute atomic E-state index is 0.0970. The quantitative estimate of drug-likeness (QED) is 0.463. The number of hydrogen-bond acceptors (Lipinski definition) is 4. The maximum absolute atomic E-state index is 10.5. The van der Waals surface area contributed by atoms with Crippen LogP contribution in [-0.4, -0.2) is 46.6 Å². The average molecular weight is 374 g/mol. The molecule has 0 saturated heterocycles. The molecule has 3 N–H and O–H groups in total. The van der Waals surface area contributed by atoms with Crippen LogP contribution >= 0.6 is 0 Å². The van der Waals surface area contributed by atoms with E-state index in [1.54, 1.807) is 4.68 Å². The van der Waals surface area contributed by atoms with Gasteiger partial charge in [0.1, 0.15) is 5.75 Å². The van der Waals surface area contributed by atoms with Crippen LogP contribution in [-0.2, 0) is 13.5 Å². The zero-order valence-electron chi connectivity index (χ0n) is 16.6. The van der Waals surface area contributed by atoms with Crippen LogP contribution in [0.1, 0.15) is 38.0 Å². The number of aliphatic hydroxyl groups excluding tert-OH is 1. The van der Waals surface area contributed by atoms with Gasteiger partial charge in [-0.25, -0.2) is 0 Å². The second kappa shape index (κ2) is 10.6. The first-order chi connectivity index (χ1) is 13.0. The second-order valence-electron chi connectivity index (χ2n) is 6.67. The molecule has 2 rings (SSSR count). The largest absolute Gasteiger partial charge is 0.491 e. The third kappa shape index (κ3) is 7.30. The molecule has 148 valence electrons. The zero-order valence-corrected chi connectivity index (χ0v) is 16.6. The van der Waals surface area contributed by atoms with Crippen LogP contribution in [0.25, 0.3) is 0 Å². The van der Waals surface area contributed by atoms with Gasteiger partial charge in [0.05, 0.1) is 24.9 Å². The Labute approximate surface area is 161 Å². The zero-order chi connectivity index (χ0) is 19.6. The van der Waals surface area contributed by atoms with Gasteiger partial charge in [-0.05, 0) is 50.5 Å². The van der Waals surface area contributed by atoms with Crippen molar-refractivity contribution >= 4 is 5.96 Å². The van der Waals surface area contributed by atoms with Crippen LogP contribution in [0.3, 0.4) is 0 Å². The predicted octanol–water partition coefficient (Wildman–Crippen LogP) is 2.04. The Kier molecular flexibility index (Phi) is 8.13. The van der Waals surface area contributed by atoms with E-state index in [1.807, 2.05) is 64.5 Å². The molecule has 0 radical (unpaired) electrons. The molecular weight excluding hydrogens is 342 g/mol. The number of nitrogens with one attached hydrogen (secondary N) is 2. The molecule has 0 aliphatic rings. The minimum Gasteiger partial charge on any atom is -0.491 e. The van der Waals surface area contributed by atoms with E-state index in [-0.39, 0.29) is 12.6 Å². The van der Waals surface area contributed by atoms with Gasteiger partial charge in [0.2, 0.25) is 0 Å². The van der Waals surface area contributed by atoms with Gasteiger partial charge in [-0.2, -0.15) is 5.10 Å². The Bertz CT molecular complexity index is 727. The predicted molar refractivity (Wildman–Crippen MR) is 108 cm³/mol. The molecule has 1 heterocycles. The van der Waals surface area contributed by atoms with Crippen molar-refractivity contribution in [3.8, 4) is 5.75 Å². The summed E-state index contributed by atoms with van der Waals surface area (Å²) in [7, 11) is 1.91. The molecule has 1 aromatic heterocycles. The summed E-state index contributed by atoms with van der Waals surface area (Å²) in [6, 6.07) is 7.53. The van der Waals surface area contributed by atoms with E-state index in [9.17, 15) is 5.11 Å². The summed E-state index contributed by atoms with van der Waals surface area (Å²) in [4.78, 5) is 4.50. The smallest absolute Gasteiger partial charge is 0.191 e. The van der Waals surface area contributed by atoms with Crippen LogP contribution in [0.2, 0.25) is 0 Å². The summed E-state index contributed by atoms with van der Waals surface area (Å²) < 4.78 is 7.48. The number of ether oxygens (including phenoxy) is 1. The molecule has 0 bridgehead atoms. The standard InChI is InChI=1S/C20H31N5O2/c1-5-21-20(22-10-9-16-12-24-25(4)14-16)23-13-19(26)17-7-6-8-18(11-17)27-15(2)3/h6-8,11-12,14-15,19,26H,5,9-10,13H2,1-4H3,(H2,21,22,23). The molecule has 2 aromatic rings. The number of aliphatic imine (C=N–C) groups is 1. The maximum atomic E-state index is 10.5. The molecule has 7 nitrogen and oxygen atoms in total. The van der Waals surface area contributed by atoms with Crippen molar-refractivity contribution in [2.24, 2.45) is 12.0 Å². The fourth-order valence-corrected chi connectivity index (χ4v) is 2.62. The Morgan fingerprint density at radius 2 is 2.15 bits per heavy atom. The number of aryl methyl sites for hydroxylation is 1. The highest BCUT2D eigenvalue weighted by atomic mass is 16.5. The van der Waals surface area contributed by atoms with Crippen molar-refractivity contribution in [3.63, 3.8) is 0 Å². The van der Waals surface area contributed by atoms with Gasteiger partial charge in [0.25, 0.3) is 0 Å². The molecular formula is C20H31N5O2. The molecule has 0 saturated carbocycles. The first kappa shape index (κ1) is 20.8. The molecule has 0 aliphatic carbocycles. The molecule has 0 aliphatic heterocycles. The Morgan fingerprint density at radius 3 is 2.81 bits per heavy atom. The van der Waals surface area contributed by atoms with Gasteiger partial charge in [-0.1, -0.05) is 12.1 Å². The number of benzene rings is 1. The molecule has 27 heavy (non-hydrogen) atoms. The molecule has 0 fully saturated rings. The van der Waals surface area contributed by atoms with E-state index in [0.29, 0.717) is 5.96 Å². The molecule has 1 atom stereocenters. The SMILES string of the molecule is CCNC(=NCC(O)c1cccc(OC(C)C)c1)NCCc1cnn(C)c1. The number of hydrogen-bond donors (Lipinski definition) is 3. The first-order valence-corrected chi connectivity index (χ1v) is 9.42. The fraction of sp³-hybridized carbons (Fsp3) is 0.500. The highest BCUT2D eigenvalue weighted by molar-refractivity contribution is 5.79. The van der Waals surface area contributed by atoms with E-state index in [0.717, 1.165) is 30.8 Å². The summed E-state index contributed by atoms with van der Waals surface area (Å²) >= 11 is 0. The Balaban J connectivity index is 1.90. The molecule has 0 amide bonds. The Hall–Kier alpha value is -2.54. The van der Waals surface area contributed by atoms with E-state index in [2.05, 4.69) is 20.7 Å². The monoisotopic (exact) mass is 373 g/mol. The van der Waals surface area contributed by atoms with Crippen LogP contribution in [0.4, 0.5) is 0 Å². The van der Waals surface area contributed by atoms with E-state index in [1.165, 1.54) is 5.56 Å². The maximum Gasteiger partial charge on any atom is 0.191 e. The number of aliphatic hydroxyl groups is 1. The number of nitrogens with zero attached hydrogens (tertiary/aromatic N) is 3. The summed E-state index contributed by atoms with van der Waals surface area (Å²) in [5.41, 5.74) is 1.96. The normalized spacial score (nSPS) is 12.9. The van der Waals surface area contributed by atoms with Crippen LogP contribution in [0.15, 0.2) is 41.7 Å². The summed E-state index contributed by atoms with van der Waals surface area (Å²) in [5, 5.41) is 21.1. The first-order valence-electron chi connectivity index (χ1n) is 9.42. The summed E-state index contributed by atoms with van der Waals surface area (Å²) in [5.74, 6) is 1.45. The summed E-state index contributed by atoms with van der Waals surface area (Å²) in [6.45, 7) is 7.74. The highest BCUT2D eigenvalue weighted by Crippen LogP contribution is 2.20. The number of rotatable bonds is 9. The van der Waals surface area contributed by atoms with Crippen molar-refractivity contribution in [2.75, 3.05) is 19.6 Å². The average Bonchev–Trinajstić information content (AvgIpc) is 3.04. The molecule has 0 spiro atoms. The third-order valence-corrected chi connectivity index (χ3v) is 3.85. The van der Waals surface area contributed by atoms with Gasteiger partial charge in [-0.15, -0.1) is 0 Å². The van der Waals surface area contributed by atoms with Gasteiger partial charge >= 0.3 is 0 Å². The second-order valence-corrected chi connectivity index (χ2v) is 6.67. The van der Waals surface area contributed by atoms with Crippen LogP contribution in [0.5, 0.6) is 5.75 Å². The van der Waals surface area contributed by atoms with E-state index < -0.39 is 6.10 Å². The van der Waals surface area contributed by atoms with Crippen molar-refractivity contribution in [1.29, 1.82) is 0 Å². The lowest BCUT2D eigenvalue weighted by Gasteiger charge is -2.15. The van der Waals surface area contributed by atoms with Crippen LogP contribution < -0.4 is 15.4 Å². The van der Waals surface area contributed by atoms with Crippen molar-refractivity contribution in [3.05, 3.63) is 47.8 Å². The van der Waals surface area contributed by atoms with E-state index >= 15 is 0 Å². The van der Waals surface area contributed by atoms with Crippen molar-refractivity contribution in [2.45, 2.75) is 39.4 Å². The third-order valence-electron chi connectivity index (χ3n) is 3.85. The van der Waals surface area contributed by atoms with E-state index in [4.69, 9.17) is 4.74 Å². The fourth-order valence-electron chi connectivity index (χ4n) is 2.62. The molecule has 7 heteroatoms. The lowest BCUT2D eigenvalue weighted by atomic mass is 10.1. The minimum atomic E-state index is -0.686. The van der Waals surface area contributed by atoms with Crippen LogP contribution in [0, 0.1) is 0 Å². The van der Waals surface area contributed by atoms with Gasteiger partial charge < -0.3 is 20.5 Å². The topological polar surface area (TPSA) is 83.7 Å². The van der Waals surface area contributed by atoms with Gasteiger partial charge in [-0.3, -0.25) is 9.67 Å². The highest BCUT2D eigenvalue weighted by Gasteiger charge is 2.09. The molecule has 1 aromatic carbocycles. The summed E-state index contributed by atoms with van der Waals surface area (Å²) in [6.07, 6.45) is 4.13. The Morgan fingerprint density at radius 1 is 1.33 bits per heavy atom. The number of guanidine groups is 1. The lowest BCUT2D eigenvalue weighted by Crippen LogP contribution is -2.38. The number of aromatic nitrogens is 2. The van der Waals surface area contributed by atoms with Crippen molar-refractivity contribution in [1.82, 2.24) is 20.4 Å².